The van der Waals surface area contributed by atoms with E-state index in [0.717, 1.165) is 49.9 Å². The molecule has 0 aliphatic heterocycles. The fourth-order valence-corrected chi connectivity index (χ4v) is 8.84. The Balaban J connectivity index is 1.33. The lowest BCUT2D eigenvalue weighted by molar-refractivity contribution is 0.661. The summed E-state index contributed by atoms with van der Waals surface area (Å²) in [4.78, 5) is 11.2. The maximum atomic E-state index is 5.58. The van der Waals surface area contributed by atoms with Gasteiger partial charge in [-0.15, -0.1) is 0 Å². The standard InChI is InChI=1S/C47H32N4/c1-47(2)36-23-13-11-21-33(36)40-37(47)27-28-39-41(40)34-22-12-14-24-38(34)51(39)46-48-42(30-16-5-3-6-17-30)45-43(49-46)35-26-25-29-15-9-10-20-32(29)44(35)50(45)31-18-7-4-8-19-31/h3-28H,1-2H3. The van der Waals surface area contributed by atoms with Gasteiger partial charge in [-0.3, -0.25) is 4.57 Å². The van der Waals surface area contributed by atoms with Gasteiger partial charge in [-0.25, -0.2) is 9.97 Å². The molecule has 0 N–H and O–H groups in total. The first kappa shape index (κ1) is 28.3. The average Bonchev–Trinajstić information content (AvgIpc) is 3.79. The van der Waals surface area contributed by atoms with Crippen LogP contribution in [0, 0.1) is 0 Å². The second-order valence-corrected chi connectivity index (χ2v) is 14.2. The van der Waals surface area contributed by atoms with Gasteiger partial charge in [0.2, 0.25) is 5.95 Å². The molecule has 4 nitrogen and oxygen atoms in total. The molecule has 1 aliphatic rings. The molecular weight excluding hydrogens is 621 g/mol. The molecule has 0 spiro atoms. The zero-order valence-electron chi connectivity index (χ0n) is 28.3. The third kappa shape index (κ3) is 3.79. The Morgan fingerprint density at radius 2 is 1.20 bits per heavy atom. The largest absolute Gasteiger partial charge is 0.305 e. The summed E-state index contributed by atoms with van der Waals surface area (Å²) in [5.74, 6) is 0.665. The topological polar surface area (TPSA) is 35.6 Å². The van der Waals surface area contributed by atoms with E-state index in [0.29, 0.717) is 5.95 Å². The normalized spacial score (nSPS) is 13.5. The third-order valence-corrected chi connectivity index (χ3v) is 11.1. The van der Waals surface area contributed by atoms with E-state index in [1.165, 1.54) is 43.8 Å². The molecule has 240 valence electrons. The van der Waals surface area contributed by atoms with Crippen LogP contribution in [0.1, 0.15) is 25.0 Å². The van der Waals surface area contributed by atoms with Crippen LogP contribution in [0.15, 0.2) is 158 Å². The quantitative estimate of drug-likeness (QED) is 0.190. The number of hydrogen-bond acceptors (Lipinski definition) is 2. The molecule has 0 fully saturated rings. The summed E-state index contributed by atoms with van der Waals surface area (Å²) >= 11 is 0. The zero-order chi connectivity index (χ0) is 33.8. The molecule has 0 atom stereocenters. The van der Waals surface area contributed by atoms with Crippen molar-refractivity contribution in [1.29, 1.82) is 0 Å². The average molecular weight is 653 g/mol. The highest BCUT2D eigenvalue weighted by atomic mass is 15.2. The van der Waals surface area contributed by atoms with Crippen molar-refractivity contribution in [1.82, 2.24) is 19.1 Å². The Bertz CT molecular complexity index is 3040. The minimum absolute atomic E-state index is 0.0960. The van der Waals surface area contributed by atoms with E-state index in [2.05, 4.69) is 181 Å². The van der Waals surface area contributed by atoms with E-state index in [1.807, 2.05) is 0 Å². The number of aromatic nitrogens is 4. The highest BCUT2D eigenvalue weighted by Crippen LogP contribution is 2.53. The summed E-state index contributed by atoms with van der Waals surface area (Å²) in [5, 5.41) is 5.94. The van der Waals surface area contributed by atoms with E-state index >= 15 is 0 Å². The molecule has 4 heteroatoms. The fourth-order valence-electron chi connectivity index (χ4n) is 8.84. The molecule has 0 bridgehead atoms. The molecule has 0 radical (unpaired) electrons. The van der Waals surface area contributed by atoms with E-state index in [-0.39, 0.29) is 5.41 Å². The van der Waals surface area contributed by atoms with Crippen LogP contribution in [-0.4, -0.2) is 19.1 Å². The number of rotatable bonds is 3. The highest BCUT2D eigenvalue weighted by Gasteiger charge is 2.37. The summed E-state index contributed by atoms with van der Waals surface area (Å²) < 4.78 is 4.66. The SMILES string of the molecule is CC1(C)c2ccccc2-c2c1ccc1c2c2ccccc2n1-c1nc(-c2ccccc2)c2c(n1)c1ccc3ccccc3c1n2-c1ccccc1. The predicted molar refractivity (Wildman–Crippen MR) is 211 cm³/mol. The second-order valence-electron chi connectivity index (χ2n) is 14.2. The minimum Gasteiger partial charge on any atom is -0.305 e. The van der Waals surface area contributed by atoms with Crippen LogP contribution in [0.4, 0.5) is 0 Å². The van der Waals surface area contributed by atoms with Crippen molar-refractivity contribution >= 4 is 54.5 Å². The predicted octanol–water partition coefficient (Wildman–Crippen LogP) is 11.8. The first-order chi connectivity index (χ1) is 25.1. The lowest BCUT2D eigenvalue weighted by atomic mass is 9.82. The monoisotopic (exact) mass is 652 g/mol. The van der Waals surface area contributed by atoms with Crippen molar-refractivity contribution in [2.45, 2.75) is 19.3 Å². The van der Waals surface area contributed by atoms with E-state index < -0.39 is 0 Å². The van der Waals surface area contributed by atoms with Crippen LogP contribution >= 0.6 is 0 Å². The highest BCUT2D eigenvalue weighted by molar-refractivity contribution is 6.20. The maximum Gasteiger partial charge on any atom is 0.235 e. The number of para-hydroxylation sites is 2. The number of hydrogen-bond donors (Lipinski definition) is 0. The third-order valence-electron chi connectivity index (χ3n) is 11.1. The van der Waals surface area contributed by atoms with Crippen molar-refractivity contribution in [3.63, 3.8) is 0 Å². The Morgan fingerprint density at radius 3 is 2.04 bits per heavy atom. The Hall–Kier alpha value is -6.52. The molecule has 1 aliphatic carbocycles. The summed E-state index contributed by atoms with van der Waals surface area (Å²) in [6.45, 7) is 4.69. The van der Waals surface area contributed by atoms with Gasteiger partial charge < -0.3 is 4.57 Å². The molecule has 51 heavy (non-hydrogen) atoms. The second kappa shape index (κ2) is 10.3. The Kier molecular flexibility index (Phi) is 5.70. The van der Waals surface area contributed by atoms with E-state index in [4.69, 9.17) is 9.97 Å². The fraction of sp³-hybridized carbons (Fsp3) is 0.0638. The molecule has 7 aromatic carbocycles. The molecule has 10 aromatic rings. The number of benzene rings is 7. The lowest BCUT2D eigenvalue weighted by Gasteiger charge is -2.21. The molecule has 11 rings (SSSR count). The van der Waals surface area contributed by atoms with Gasteiger partial charge in [0.15, 0.2) is 0 Å². The summed E-state index contributed by atoms with van der Waals surface area (Å²) in [5.41, 5.74) is 13.6. The van der Waals surface area contributed by atoms with Crippen LogP contribution in [-0.2, 0) is 5.41 Å². The van der Waals surface area contributed by atoms with Crippen molar-refractivity contribution in [3.05, 3.63) is 169 Å². The van der Waals surface area contributed by atoms with Gasteiger partial charge >= 0.3 is 0 Å². The van der Waals surface area contributed by atoms with Crippen LogP contribution in [0.5, 0.6) is 0 Å². The van der Waals surface area contributed by atoms with E-state index in [1.54, 1.807) is 0 Å². The molecule has 0 saturated carbocycles. The zero-order valence-corrected chi connectivity index (χ0v) is 28.3. The molecule has 0 saturated heterocycles. The van der Waals surface area contributed by atoms with Gasteiger partial charge in [-0.1, -0.05) is 141 Å². The maximum absolute atomic E-state index is 5.58. The lowest BCUT2D eigenvalue weighted by Crippen LogP contribution is -2.14. The van der Waals surface area contributed by atoms with Crippen molar-refractivity contribution in [3.8, 4) is 34.0 Å². The van der Waals surface area contributed by atoms with Crippen LogP contribution in [0.25, 0.3) is 88.5 Å². The first-order valence-electron chi connectivity index (χ1n) is 17.6. The molecule has 3 aromatic heterocycles. The first-order valence-corrected chi connectivity index (χ1v) is 17.6. The van der Waals surface area contributed by atoms with Gasteiger partial charge in [-0.2, -0.15) is 0 Å². The van der Waals surface area contributed by atoms with Crippen molar-refractivity contribution < 1.29 is 0 Å². The Labute approximate surface area is 294 Å². The summed E-state index contributed by atoms with van der Waals surface area (Å²) in [7, 11) is 0. The van der Waals surface area contributed by atoms with Gasteiger partial charge in [0.1, 0.15) is 11.2 Å². The van der Waals surface area contributed by atoms with E-state index in [9.17, 15) is 0 Å². The molecule has 0 amide bonds. The molecular formula is C47H32N4. The number of nitrogens with zero attached hydrogens (tertiary/aromatic N) is 4. The summed E-state index contributed by atoms with van der Waals surface area (Å²) in [6, 6.07) is 56.6. The van der Waals surface area contributed by atoms with Gasteiger partial charge in [0, 0.05) is 38.2 Å². The van der Waals surface area contributed by atoms with Crippen LogP contribution < -0.4 is 0 Å². The smallest absolute Gasteiger partial charge is 0.235 e. The minimum atomic E-state index is -0.0960. The van der Waals surface area contributed by atoms with Gasteiger partial charge in [-0.05, 0) is 58.0 Å². The summed E-state index contributed by atoms with van der Waals surface area (Å²) in [6.07, 6.45) is 0. The van der Waals surface area contributed by atoms with Crippen molar-refractivity contribution in [2.24, 2.45) is 0 Å². The Morgan fingerprint density at radius 1 is 0.490 bits per heavy atom. The van der Waals surface area contributed by atoms with Gasteiger partial charge in [0.05, 0.1) is 22.1 Å². The van der Waals surface area contributed by atoms with Crippen LogP contribution in [0.2, 0.25) is 0 Å². The van der Waals surface area contributed by atoms with Crippen LogP contribution in [0.3, 0.4) is 0 Å². The molecule has 3 heterocycles. The van der Waals surface area contributed by atoms with Gasteiger partial charge in [0.25, 0.3) is 0 Å². The number of fused-ring (bicyclic) bond motifs is 12. The molecule has 0 unspecified atom stereocenters. The van der Waals surface area contributed by atoms with Crippen molar-refractivity contribution in [2.75, 3.05) is 0 Å².